The van der Waals surface area contributed by atoms with E-state index < -0.39 is 40.9 Å². The van der Waals surface area contributed by atoms with Gasteiger partial charge in [-0.3, -0.25) is 9.79 Å². The normalized spacial score (nSPS) is 41.5. The minimum atomic E-state index is -1.80. The van der Waals surface area contributed by atoms with E-state index in [4.69, 9.17) is 14.2 Å². The SMILES string of the molecule is C/N=C1/CCCC/C1=C(/C)C(=O)OC1C(C)=CC23CCC(C)C(C)(C)C(C=C4COC(C)(C)OC4C12O)C3=O. The van der Waals surface area contributed by atoms with Gasteiger partial charge in [0.2, 0.25) is 0 Å². The summed E-state index contributed by atoms with van der Waals surface area (Å²) in [6.45, 7) is 14.0. The molecule has 6 unspecified atom stereocenters. The van der Waals surface area contributed by atoms with Crippen molar-refractivity contribution in [2.45, 2.75) is 111 Å². The van der Waals surface area contributed by atoms with Crippen molar-refractivity contribution >= 4 is 17.5 Å². The summed E-state index contributed by atoms with van der Waals surface area (Å²) in [5, 5.41) is 13.0. The minimum Gasteiger partial charge on any atom is -0.451 e. The van der Waals surface area contributed by atoms with Gasteiger partial charge in [0.1, 0.15) is 6.10 Å². The first-order valence-electron chi connectivity index (χ1n) is 14.5. The number of rotatable bonds is 2. The summed E-state index contributed by atoms with van der Waals surface area (Å²) in [5.74, 6) is -1.67. The number of esters is 1. The van der Waals surface area contributed by atoms with Crippen LogP contribution in [0.4, 0.5) is 0 Å². The molecule has 1 heterocycles. The van der Waals surface area contributed by atoms with Crippen LogP contribution in [0.3, 0.4) is 0 Å². The topological polar surface area (TPSA) is 94.4 Å². The minimum absolute atomic E-state index is 0.0247. The fourth-order valence-electron chi connectivity index (χ4n) is 7.71. The molecule has 0 aromatic rings. The molecular formula is C32H45NO6. The number of carbonyl (C=O) groups is 2. The number of allylic oxidation sites excluding steroid dienone is 2. The molecule has 0 amide bonds. The van der Waals surface area contributed by atoms with Crippen molar-refractivity contribution < 1.29 is 28.9 Å². The lowest BCUT2D eigenvalue weighted by Gasteiger charge is -2.51. The van der Waals surface area contributed by atoms with Crippen molar-refractivity contribution in [2.24, 2.45) is 27.7 Å². The van der Waals surface area contributed by atoms with Crippen molar-refractivity contribution in [1.29, 1.82) is 0 Å². The number of nitrogens with zero attached hydrogens (tertiary/aromatic N) is 1. The molecular weight excluding hydrogens is 494 g/mol. The Balaban J connectivity index is 1.64. The molecule has 5 rings (SSSR count). The van der Waals surface area contributed by atoms with Gasteiger partial charge in [-0.05, 0) is 94.3 Å². The van der Waals surface area contributed by atoms with Crippen LogP contribution in [-0.4, -0.2) is 59.8 Å². The fourth-order valence-corrected chi connectivity index (χ4v) is 7.71. The molecule has 6 atom stereocenters. The monoisotopic (exact) mass is 539 g/mol. The maximum Gasteiger partial charge on any atom is 0.334 e. The second-order valence-corrected chi connectivity index (χ2v) is 13.5. The second-order valence-electron chi connectivity index (χ2n) is 13.5. The van der Waals surface area contributed by atoms with E-state index in [2.05, 4.69) is 25.8 Å². The zero-order valence-electron chi connectivity index (χ0n) is 24.8. The summed E-state index contributed by atoms with van der Waals surface area (Å²) >= 11 is 0. The van der Waals surface area contributed by atoms with Crippen molar-refractivity contribution in [3.8, 4) is 0 Å². The smallest absolute Gasteiger partial charge is 0.334 e. The average molecular weight is 540 g/mol. The Morgan fingerprint density at radius 3 is 2.56 bits per heavy atom. The van der Waals surface area contributed by atoms with Crippen LogP contribution in [0.2, 0.25) is 0 Å². The standard InChI is InChI=1S/C32H45NO6/c1-18-16-31-14-13-19(2)29(4,5)23(25(31)34)15-21-17-37-30(6,7)39-27(21)32(31,36)26(18)38-28(35)20(3)22-11-9-10-12-24(22)33-8/h15-16,19,23,26-27,36H,9-14,17H2,1-8H3/b22-20+,33-24-. The fraction of sp³-hybridized carbons (Fsp3) is 0.719. The van der Waals surface area contributed by atoms with Crippen LogP contribution < -0.4 is 0 Å². The lowest BCUT2D eigenvalue weighted by Crippen LogP contribution is -2.66. The number of aliphatic imine (C=N–C) groups is 1. The van der Waals surface area contributed by atoms with Crippen LogP contribution in [0.5, 0.6) is 0 Å². The average Bonchev–Trinajstić information content (AvgIpc) is 3.03. The Morgan fingerprint density at radius 2 is 1.87 bits per heavy atom. The van der Waals surface area contributed by atoms with E-state index in [1.165, 1.54) is 0 Å². The Labute approximate surface area is 232 Å². The highest BCUT2D eigenvalue weighted by Gasteiger charge is 2.72. The van der Waals surface area contributed by atoms with Gasteiger partial charge in [-0.1, -0.05) is 32.9 Å². The molecule has 39 heavy (non-hydrogen) atoms. The summed E-state index contributed by atoms with van der Waals surface area (Å²) in [6, 6.07) is 0. The van der Waals surface area contributed by atoms with Gasteiger partial charge in [0, 0.05) is 24.3 Å². The number of fused-ring (bicyclic) bond motifs is 3. The third-order valence-corrected chi connectivity index (χ3v) is 10.6. The molecule has 7 nitrogen and oxygen atoms in total. The molecule has 1 N–H and O–H groups in total. The zero-order valence-corrected chi connectivity index (χ0v) is 24.8. The first kappa shape index (κ1) is 28.4. The maximum atomic E-state index is 14.7. The van der Waals surface area contributed by atoms with Crippen LogP contribution >= 0.6 is 0 Å². The van der Waals surface area contributed by atoms with E-state index >= 15 is 0 Å². The highest BCUT2D eigenvalue weighted by Crippen LogP contribution is 2.62. The number of ketones is 1. The Morgan fingerprint density at radius 1 is 1.18 bits per heavy atom. The predicted octanol–water partition coefficient (Wildman–Crippen LogP) is 5.27. The van der Waals surface area contributed by atoms with Crippen LogP contribution in [-0.2, 0) is 23.8 Å². The number of aliphatic hydroxyl groups is 1. The van der Waals surface area contributed by atoms with Gasteiger partial charge in [0.05, 0.1) is 12.0 Å². The predicted molar refractivity (Wildman–Crippen MR) is 149 cm³/mol. The Hall–Kier alpha value is -2.09. The zero-order chi connectivity index (χ0) is 28.5. The first-order valence-corrected chi connectivity index (χ1v) is 14.5. The van der Waals surface area contributed by atoms with Gasteiger partial charge in [-0.15, -0.1) is 0 Å². The largest absolute Gasteiger partial charge is 0.451 e. The van der Waals surface area contributed by atoms with Gasteiger partial charge in [-0.25, -0.2) is 4.79 Å². The van der Waals surface area contributed by atoms with Gasteiger partial charge in [0.25, 0.3) is 0 Å². The number of carbonyl (C=O) groups excluding carboxylic acids is 2. The number of ether oxygens (including phenoxy) is 3. The van der Waals surface area contributed by atoms with E-state index in [0.717, 1.165) is 49.0 Å². The van der Waals surface area contributed by atoms with E-state index in [0.29, 0.717) is 17.6 Å². The van der Waals surface area contributed by atoms with Crippen LogP contribution in [0, 0.1) is 22.7 Å². The molecule has 0 aromatic heterocycles. The van der Waals surface area contributed by atoms with Crippen molar-refractivity contribution in [3.05, 3.63) is 34.4 Å². The molecule has 1 spiro atoms. The molecule has 2 saturated carbocycles. The van der Waals surface area contributed by atoms with Crippen molar-refractivity contribution in [2.75, 3.05) is 13.7 Å². The third kappa shape index (κ3) is 4.14. The van der Waals surface area contributed by atoms with Crippen LogP contribution in [0.1, 0.15) is 87.0 Å². The maximum absolute atomic E-state index is 14.7. The lowest BCUT2D eigenvalue weighted by atomic mass is 9.63. The summed E-state index contributed by atoms with van der Waals surface area (Å²) in [4.78, 5) is 32.8. The molecule has 4 aliphatic carbocycles. The van der Waals surface area contributed by atoms with Gasteiger partial charge >= 0.3 is 5.97 Å². The molecule has 1 saturated heterocycles. The second kappa shape index (κ2) is 9.49. The quantitative estimate of drug-likeness (QED) is 0.292. The van der Waals surface area contributed by atoms with Crippen molar-refractivity contribution in [1.82, 2.24) is 0 Å². The van der Waals surface area contributed by atoms with E-state index in [9.17, 15) is 14.7 Å². The highest BCUT2D eigenvalue weighted by atomic mass is 16.7. The van der Waals surface area contributed by atoms with Gasteiger partial charge < -0.3 is 19.3 Å². The van der Waals surface area contributed by atoms with Crippen LogP contribution in [0.15, 0.2) is 39.4 Å². The summed E-state index contributed by atoms with van der Waals surface area (Å²) in [5.41, 5.74) is 0.446. The molecule has 3 fully saturated rings. The summed E-state index contributed by atoms with van der Waals surface area (Å²) < 4.78 is 18.8. The van der Waals surface area contributed by atoms with E-state index in [1.807, 2.05) is 32.9 Å². The Kier molecular flexibility index (Phi) is 6.92. The van der Waals surface area contributed by atoms with Gasteiger partial charge in [-0.2, -0.15) is 0 Å². The molecule has 7 heteroatoms. The van der Waals surface area contributed by atoms with Crippen LogP contribution in [0.25, 0.3) is 0 Å². The summed E-state index contributed by atoms with van der Waals surface area (Å²) in [7, 11) is 1.76. The molecule has 1 aliphatic heterocycles. The molecule has 5 aliphatic rings. The first-order chi connectivity index (χ1) is 18.2. The van der Waals surface area contributed by atoms with Crippen molar-refractivity contribution in [3.63, 3.8) is 0 Å². The Bertz CT molecular complexity index is 1200. The molecule has 2 bridgehead atoms. The number of hydrogen-bond acceptors (Lipinski definition) is 7. The van der Waals surface area contributed by atoms with E-state index in [1.54, 1.807) is 14.0 Å². The van der Waals surface area contributed by atoms with Gasteiger partial charge in [0.15, 0.2) is 23.3 Å². The number of hydrogen-bond donors (Lipinski definition) is 1. The lowest BCUT2D eigenvalue weighted by molar-refractivity contribution is -0.301. The van der Waals surface area contributed by atoms with E-state index in [-0.39, 0.29) is 23.7 Å². The molecule has 0 radical (unpaired) electrons. The summed E-state index contributed by atoms with van der Waals surface area (Å²) in [6.07, 6.45) is 6.89. The molecule has 0 aromatic carbocycles. The third-order valence-electron chi connectivity index (χ3n) is 10.6. The number of Topliss-reactive ketones (excluding diaryl/α,β-unsaturated/α-hetero) is 1. The molecule has 214 valence electrons. The highest BCUT2D eigenvalue weighted by molar-refractivity contribution is 6.07.